The van der Waals surface area contributed by atoms with Gasteiger partial charge in [-0.1, -0.05) is 65.9 Å². The molecule has 0 radical (unpaired) electrons. The summed E-state index contributed by atoms with van der Waals surface area (Å²) >= 11 is 0. The van der Waals surface area contributed by atoms with Crippen LogP contribution in [0.5, 0.6) is 17.2 Å². The first-order chi connectivity index (χ1) is 12.3. The largest absolute Gasteiger partial charge is 0.490 e. The average Bonchev–Trinajstić information content (AvgIpc) is 2.66. The Morgan fingerprint density at radius 3 is 1.56 bits per heavy atom. The molecule has 0 saturated carbocycles. The average molecular weight is 350 g/mol. The van der Waals surface area contributed by atoms with Crippen LogP contribution in [0.15, 0.2) is 72.8 Å². The van der Waals surface area contributed by atoms with Crippen molar-refractivity contribution < 1.29 is 14.2 Å². The molecule has 128 valence electrons. The summed E-state index contributed by atoms with van der Waals surface area (Å²) in [6, 6.07) is 24.3. The van der Waals surface area contributed by atoms with Crippen molar-refractivity contribution in [3.8, 4) is 17.2 Å². The molecule has 0 amide bonds. The molecule has 3 aromatic rings. The zero-order valence-electron chi connectivity index (χ0n) is 14.6. The summed E-state index contributed by atoms with van der Waals surface area (Å²) in [6.45, 7) is 1.00. The van der Waals surface area contributed by atoms with Crippen LogP contribution in [0.25, 0.3) is 0 Å². The lowest BCUT2D eigenvalue weighted by Gasteiger charge is -2.16. The zero-order valence-corrected chi connectivity index (χ0v) is 16.6. The van der Waals surface area contributed by atoms with E-state index >= 15 is 0 Å². The van der Waals surface area contributed by atoms with Crippen LogP contribution in [0.2, 0.25) is 0 Å². The van der Waals surface area contributed by atoms with Gasteiger partial charge in [-0.05, 0) is 23.3 Å². The highest BCUT2D eigenvalue weighted by Gasteiger charge is 2.13. The third-order valence-electron chi connectivity index (χ3n) is 3.84. The van der Waals surface area contributed by atoms with Crippen molar-refractivity contribution in [3.63, 3.8) is 0 Å². The van der Waals surface area contributed by atoms with Crippen LogP contribution in [-0.2, 0) is 13.2 Å². The Balaban J connectivity index is 1.77. The summed E-state index contributed by atoms with van der Waals surface area (Å²) in [7, 11) is 2.56. The second-order valence-corrected chi connectivity index (χ2v) is 7.00. The van der Waals surface area contributed by atoms with Crippen LogP contribution in [0.4, 0.5) is 0 Å². The van der Waals surface area contributed by atoms with Crippen LogP contribution in [0.1, 0.15) is 11.1 Å². The van der Waals surface area contributed by atoms with E-state index in [-0.39, 0.29) is 0 Å². The number of ether oxygens (including phenoxy) is 3. The monoisotopic (exact) mass is 350 g/mol. The normalized spacial score (nSPS) is 10.4. The van der Waals surface area contributed by atoms with Crippen molar-refractivity contribution in [3.05, 3.63) is 83.9 Å². The minimum atomic E-state index is 0.500. The molecular formula is C21H22O3Si. The van der Waals surface area contributed by atoms with Crippen LogP contribution in [0, 0.1) is 0 Å². The van der Waals surface area contributed by atoms with Gasteiger partial charge in [-0.2, -0.15) is 0 Å². The highest BCUT2D eigenvalue weighted by atomic mass is 28.1. The molecule has 0 unspecified atom stereocenters. The Kier molecular flexibility index (Phi) is 5.75. The topological polar surface area (TPSA) is 27.7 Å². The molecule has 4 heteroatoms. The van der Waals surface area contributed by atoms with E-state index in [0.29, 0.717) is 19.0 Å². The number of benzene rings is 3. The van der Waals surface area contributed by atoms with E-state index < -0.39 is 0 Å². The summed E-state index contributed by atoms with van der Waals surface area (Å²) in [5.74, 6) is 2.09. The third kappa shape index (κ3) is 4.64. The maximum Gasteiger partial charge on any atom is 0.203 e. The Morgan fingerprint density at radius 1 is 0.720 bits per heavy atom. The van der Waals surface area contributed by atoms with Gasteiger partial charge in [0, 0.05) is 10.2 Å². The van der Waals surface area contributed by atoms with E-state index in [1.165, 1.54) is 5.19 Å². The van der Waals surface area contributed by atoms with Crippen molar-refractivity contribution in [2.75, 3.05) is 7.11 Å². The first-order valence-corrected chi connectivity index (χ1v) is 9.28. The van der Waals surface area contributed by atoms with Crippen molar-refractivity contribution >= 4 is 15.4 Å². The molecule has 0 aliphatic carbocycles. The number of hydrogen-bond donors (Lipinski definition) is 0. The molecule has 0 N–H and O–H groups in total. The van der Waals surface area contributed by atoms with Gasteiger partial charge < -0.3 is 14.2 Å². The molecule has 0 spiro atoms. The first-order valence-electron chi connectivity index (χ1n) is 8.28. The molecule has 25 heavy (non-hydrogen) atoms. The smallest absolute Gasteiger partial charge is 0.203 e. The lowest BCUT2D eigenvalue weighted by molar-refractivity contribution is 0.258. The van der Waals surface area contributed by atoms with Gasteiger partial charge in [-0.25, -0.2) is 0 Å². The SMILES string of the molecule is COc1c(OCc2ccccc2)cc([SiH3])cc1OCc1ccccc1. The van der Waals surface area contributed by atoms with E-state index in [4.69, 9.17) is 14.2 Å². The fraction of sp³-hybridized carbons (Fsp3) is 0.143. The van der Waals surface area contributed by atoms with Crippen LogP contribution >= 0.6 is 0 Å². The molecule has 0 saturated heterocycles. The van der Waals surface area contributed by atoms with Gasteiger partial charge in [0.2, 0.25) is 5.75 Å². The molecule has 0 aliphatic heterocycles. The van der Waals surface area contributed by atoms with Gasteiger partial charge in [-0.15, -0.1) is 0 Å². The fourth-order valence-corrected chi connectivity index (χ4v) is 3.12. The highest BCUT2D eigenvalue weighted by molar-refractivity contribution is 6.32. The predicted octanol–water partition coefficient (Wildman–Crippen LogP) is 2.84. The van der Waals surface area contributed by atoms with Gasteiger partial charge in [0.05, 0.1) is 7.11 Å². The molecule has 3 aromatic carbocycles. The van der Waals surface area contributed by atoms with Crippen molar-refractivity contribution in [1.82, 2.24) is 0 Å². The highest BCUT2D eigenvalue weighted by Crippen LogP contribution is 2.36. The second kappa shape index (κ2) is 8.40. The zero-order chi connectivity index (χ0) is 17.5. The fourth-order valence-electron chi connectivity index (χ4n) is 2.59. The number of methoxy groups -OCH3 is 1. The van der Waals surface area contributed by atoms with E-state index in [1.807, 2.05) is 72.8 Å². The molecule has 0 fully saturated rings. The van der Waals surface area contributed by atoms with Crippen LogP contribution in [-0.4, -0.2) is 17.4 Å². The molecule has 3 rings (SSSR count). The predicted molar refractivity (Wildman–Crippen MR) is 104 cm³/mol. The lowest BCUT2D eigenvalue weighted by atomic mass is 10.2. The van der Waals surface area contributed by atoms with Crippen molar-refractivity contribution in [2.45, 2.75) is 13.2 Å². The quantitative estimate of drug-likeness (QED) is 0.613. The van der Waals surface area contributed by atoms with Gasteiger partial charge in [0.15, 0.2) is 11.5 Å². The van der Waals surface area contributed by atoms with Crippen LogP contribution in [0.3, 0.4) is 0 Å². The van der Waals surface area contributed by atoms with Gasteiger partial charge >= 0.3 is 0 Å². The molecule has 0 atom stereocenters. The maximum atomic E-state index is 6.00. The second-order valence-electron chi connectivity index (χ2n) is 5.84. The Labute approximate surface area is 151 Å². The summed E-state index contributed by atoms with van der Waals surface area (Å²) in [5.41, 5.74) is 2.24. The van der Waals surface area contributed by atoms with E-state index in [0.717, 1.165) is 32.9 Å². The Hall–Kier alpha value is -2.72. The number of hydrogen-bond acceptors (Lipinski definition) is 3. The standard InChI is InChI=1S/C21H22O3Si/c1-22-21-19(23-14-16-8-4-2-5-9-16)12-18(25)13-20(21)24-15-17-10-6-3-7-11-17/h2-13H,14-15H2,1,25H3. The lowest BCUT2D eigenvalue weighted by Crippen LogP contribution is -2.08. The third-order valence-corrected chi connectivity index (χ3v) is 4.42. The molecule has 0 bridgehead atoms. The molecule has 0 aromatic heterocycles. The molecule has 0 aliphatic rings. The van der Waals surface area contributed by atoms with E-state index in [2.05, 4.69) is 0 Å². The minimum Gasteiger partial charge on any atom is -0.490 e. The number of rotatable bonds is 7. The molecular weight excluding hydrogens is 328 g/mol. The first kappa shape index (κ1) is 17.1. The Morgan fingerprint density at radius 2 is 1.16 bits per heavy atom. The Bertz CT molecular complexity index is 739. The molecule has 3 nitrogen and oxygen atoms in total. The molecule has 0 heterocycles. The van der Waals surface area contributed by atoms with E-state index in [9.17, 15) is 0 Å². The maximum absolute atomic E-state index is 6.00. The summed E-state index contributed by atoms with van der Waals surface area (Å²) in [6.07, 6.45) is 0. The summed E-state index contributed by atoms with van der Waals surface area (Å²) in [4.78, 5) is 0. The summed E-state index contributed by atoms with van der Waals surface area (Å²) < 4.78 is 17.6. The minimum absolute atomic E-state index is 0.500. The van der Waals surface area contributed by atoms with Gasteiger partial charge in [0.25, 0.3) is 0 Å². The van der Waals surface area contributed by atoms with E-state index in [1.54, 1.807) is 7.11 Å². The summed E-state index contributed by atoms with van der Waals surface area (Å²) in [5, 5.41) is 1.20. The van der Waals surface area contributed by atoms with Gasteiger partial charge in [-0.3, -0.25) is 0 Å². The van der Waals surface area contributed by atoms with Crippen molar-refractivity contribution in [2.24, 2.45) is 0 Å². The van der Waals surface area contributed by atoms with Crippen molar-refractivity contribution in [1.29, 1.82) is 0 Å². The van der Waals surface area contributed by atoms with Crippen LogP contribution < -0.4 is 19.4 Å². The van der Waals surface area contributed by atoms with Gasteiger partial charge in [0.1, 0.15) is 13.2 Å².